The first kappa shape index (κ1) is 68.8. The van der Waals surface area contributed by atoms with Gasteiger partial charge in [0.2, 0.25) is 0 Å². The largest absolute Gasteiger partial charge is 0.462 e. The Kier molecular flexibility index (Phi) is 56.9. The first-order valence-corrected chi connectivity index (χ1v) is 30.0. The van der Waals surface area contributed by atoms with Crippen LogP contribution in [-0.2, 0) is 28.6 Å². The Morgan fingerprint density at radius 2 is 0.534 bits per heavy atom. The summed E-state index contributed by atoms with van der Waals surface area (Å²) < 4.78 is 16.8. The second kappa shape index (κ2) is 60.4. The summed E-state index contributed by atoms with van der Waals surface area (Å²) in [5.74, 6) is -0.938. The monoisotopic (exact) mass is 1010 g/mol. The molecule has 0 rings (SSSR count). The van der Waals surface area contributed by atoms with Gasteiger partial charge in [0.1, 0.15) is 13.2 Å². The van der Waals surface area contributed by atoms with E-state index >= 15 is 0 Å². The Balaban J connectivity index is 4.25. The van der Waals surface area contributed by atoms with E-state index in [0.717, 1.165) is 122 Å². The third kappa shape index (κ3) is 58.6. The topological polar surface area (TPSA) is 78.9 Å². The fourth-order valence-corrected chi connectivity index (χ4v) is 7.96. The molecule has 0 aliphatic carbocycles. The van der Waals surface area contributed by atoms with E-state index in [2.05, 4.69) is 142 Å². The van der Waals surface area contributed by atoms with Crippen LogP contribution in [0.1, 0.15) is 265 Å². The van der Waals surface area contributed by atoms with Crippen LogP contribution in [-0.4, -0.2) is 37.2 Å². The number of carbonyl (C=O) groups excluding carboxylic acids is 3. The molecule has 0 radical (unpaired) electrons. The van der Waals surface area contributed by atoms with Gasteiger partial charge in [0.25, 0.3) is 0 Å². The fraction of sp³-hybridized carbons (Fsp3) is 0.657. The van der Waals surface area contributed by atoms with E-state index in [4.69, 9.17) is 14.2 Å². The lowest BCUT2D eigenvalue weighted by molar-refractivity contribution is -0.167. The van der Waals surface area contributed by atoms with Gasteiger partial charge >= 0.3 is 17.9 Å². The first-order chi connectivity index (χ1) is 36.0. The van der Waals surface area contributed by atoms with E-state index in [1.54, 1.807) is 0 Å². The van der Waals surface area contributed by atoms with E-state index in [1.165, 1.54) is 103 Å². The van der Waals surface area contributed by atoms with Gasteiger partial charge in [0.05, 0.1) is 0 Å². The summed E-state index contributed by atoms with van der Waals surface area (Å²) in [7, 11) is 0. The van der Waals surface area contributed by atoms with Crippen LogP contribution in [0, 0.1) is 0 Å². The first-order valence-electron chi connectivity index (χ1n) is 30.0. The van der Waals surface area contributed by atoms with Gasteiger partial charge in [-0.05, 0) is 116 Å². The van der Waals surface area contributed by atoms with Crippen LogP contribution in [0.3, 0.4) is 0 Å². The van der Waals surface area contributed by atoms with Gasteiger partial charge in [0.15, 0.2) is 6.10 Å². The molecule has 1 atom stereocenters. The summed E-state index contributed by atoms with van der Waals surface area (Å²) in [6.07, 6.45) is 83.6. The smallest absolute Gasteiger partial charge is 0.306 e. The summed E-state index contributed by atoms with van der Waals surface area (Å²) in [5, 5.41) is 0. The minimum Gasteiger partial charge on any atom is -0.462 e. The molecule has 6 nitrogen and oxygen atoms in total. The summed E-state index contributed by atoms with van der Waals surface area (Å²) in [5.41, 5.74) is 0. The Morgan fingerprint density at radius 3 is 0.863 bits per heavy atom. The van der Waals surface area contributed by atoms with Crippen molar-refractivity contribution in [1.29, 1.82) is 0 Å². The van der Waals surface area contributed by atoms with Gasteiger partial charge in [0, 0.05) is 19.3 Å². The maximum absolute atomic E-state index is 12.8. The van der Waals surface area contributed by atoms with Crippen molar-refractivity contribution >= 4 is 17.9 Å². The van der Waals surface area contributed by atoms with Gasteiger partial charge in [-0.2, -0.15) is 0 Å². The molecule has 0 aromatic carbocycles. The van der Waals surface area contributed by atoms with Crippen molar-refractivity contribution in [2.45, 2.75) is 271 Å². The number of allylic oxidation sites excluding steroid dienone is 20. The van der Waals surface area contributed by atoms with Crippen molar-refractivity contribution in [3.8, 4) is 0 Å². The molecule has 0 bridgehead atoms. The normalized spacial score (nSPS) is 13.0. The van der Waals surface area contributed by atoms with Crippen LogP contribution < -0.4 is 0 Å². The summed E-state index contributed by atoms with van der Waals surface area (Å²) in [4.78, 5) is 38.0. The zero-order valence-corrected chi connectivity index (χ0v) is 47.4. The Labute approximate surface area is 450 Å². The van der Waals surface area contributed by atoms with E-state index in [-0.39, 0.29) is 31.1 Å². The van der Waals surface area contributed by atoms with Crippen LogP contribution in [0.5, 0.6) is 0 Å². The van der Waals surface area contributed by atoms with Crippen LogP contribution in [0.15, 0.2) is 122 Å². The average Bonchev–Trinajstić information content (AvgIpc) is 3.39. The lowest BCUT2D eigenvalue weighted by Crippen LogP contribution is -2.30. The fourth-order valence-electron chi connectivity index (χ4n) is 7.96. The Hall–Kier alpha value is -4.19. The highest BCUT2D eigenvalue weighted by molar-refractivity contribution is 5.71. The van der Waals surface area contributed by atoms with Crippen LogP contribution >= 0.6 is 0 Å². The number of ether oxygens (including phenoxy) is 3. The molecule has 0 heterocycles. The molecular formula is C67H110O6. The molecule has 6 heteroatoms. The molecule has 0 amide bonds. The standard InChI is InChI=1S/C67H110O6/c1-4-7-10-13-16-18-20-22-24-26-27-28-29-30-31-32-33-34-35-36-37-38-39-41-42-44-46-48-51-54-57-60-66(69)72-63-64(62-71-65(68)59-56-53-50-15-12-9-6-3)73-67(70)61-58-55-52-49-47-45-43-40-25-23-21-19-17-14-11-8-5-2/h7,10,16,18,22-25,27-28,30-31,33-34,36-37,39,41,44,46,64H,4-6,8-9,11-15,17,19-21,26,29,32,35,38,40,42-43,45,47-63H2,1-3H3/b10-7-,18-16-,24-22-,25-23-,28-27-,31-30-,34-33-,37-36-,41-39-,46-44-. The maximum atomic E-state index is 12.8. The van der Waals surface area contributed by atoms with Gasteiger partial charge in [-0.25, -0.2) is 0 Å². The van der Waals surface area contributed by atoms with Crippen molar-refractivity contribution < 1.29 is 28.6 Å². The van der Waals surface area contributed by atoms with Crippen molar-refractivity contribution in [3.05, 3.63) is 122 Å². The second-order valence-electron chi connectivity index (χ2n) is 19.5. The van der Waals surface area contributed by atoms with Crippen LogP contribution in [0.2, 0.25) is 0 Å². The van der Waals surface area contributed by atoms with Crippen molar-refractivity contribution in [2.75, 3.05) is 13.2 Å². The number of rotatable bonds is 53. The summed E-state index contributed by atoms with van der Waals surface area (Å²) in [6, 6.07) is 0. The molecular weight excluding hydrogens is 901 g/mol. The molecule has 73 heavy (non-hydrogen) atoms. The third-order valence-electron chi connectivity index (χ3n) is 12.5. The second-order valence-corrected chi connectivity index (χ2v) is 19.5. The number of carbonyl (C=O) groups is 3. The van der Waals surface area contributed by atoms with Crippen LogP contribution in [0.25, 0.3) is 0 Å². The zero-order chi connectivity index (χ0) is 52.9. The molecule has 414 valence electrons. The van der Waals surface area contributed by atoms with E-state index in [9.17, 15) is 14.4 Å². The zero-order valence-electron chi connectivity index (χ0n) is 47.4. The summed E-state index contributed by atoms with van der Waals surface area (Å²) in [6.45, 7) is 6.45. The van der Waals surface area contributed by atoms with Crippen molar-refractivity contribution in [3.63, 3.8) is 0 Å². The van der Waals surface area contributed by atoms with Crippen LogP contribution in [0.4, 0.5) is 0 Å². The summed E-state index contributed by atoms with van der Waals surface area (Å²) >= 11 is 0. The average molecular weight is 1010 g/mol. The SMILES string of the molecule is CC/C=C\C/C=C\C/C=C\C/C=C\C/C=C\C/C=C\C/C=C\C/C=C\C/C=C\CCCCCC(=O)OCC(COC(=O)CCCCCCCCC)OC(=O)CCCCCCCCC/C=C\CCCCCCCC. The quantitative estimate of drug-likeness (QED) is 0.0261. The lowest BCUT2D eigenvalue weighted by atomic mass is 10.1. The number of esters is 3. The van der Waals surface area contributed by atoms with Gasteiger partial charge < -0.3 is 14.2 Å². The number of hydrogen-bond donors (Lipinski definition) is 0. The minimum atomic E-state index is -0.794. The van der Waals surface area contributed by atoms with E-state index in [1.807, 2.05) is 0 Å². The molecule has 0 saturated carbocycles. The molecule has 0 aliphatic rings. The Morgan fingerprint density at radius 1 is 0.288 bits per heavy atom. The molecule has 0 spiro atoms. The molecule has 0 aliphatic heterocycles. The molecule has 0 fully saturated rings. The van der Waals surface area contributed by atoms with Gasteiger partial charge in [-0.1, -0.05) is 251 Å². The minimum absolute atomic E-state index is 0.0914. The lowest BCUT2D eigenvalue weighted by Gasteiger charge is -2.18. The third-order valence-corrected chi connectivity index (χ3v) is 12.5. The Bertz CT molecular complexity index is 1540. The van der Waals surface area contributed by atoms with Crippen molar-refractivity contribution in [1.82, 2.24) is 0 Å². The molecule has 0 aromatic rings. The van der Waals surface area contributed by atoms with E-state index in [0.29, 0.717) is 19.3 Å². The highest BCUT2D eigenvalue weighted by atomic mass is 16.6. The highest BCUT2D eigenvalue weighted by Gasteiger charge is 2.19. The number of unbranched alkanes of at least 4 members (excludes halogenated alkanes) is 22. The van der Waals surface area contributed by atoms with Gasteiger partial charge in [-0.3, -0.25) is 14.4 Å². The predicted octanol–water partition coefficient (Wildman–Crippen LogP) is 20.4. The van der Waals surface area contributed by atoms with Gasteiger partial charge in [-0.15, -0.1) is 0 Å². The van der Waals surface area contributed by atoms with E-state index < -0.39 is 6.10 Å². The molecule has 0 aromatic heterocycles. The maximum Gasteiger partial charge on any atom is 0.306 e. The molecule has 0 N–H and O–H groups in total. The molecule has 1 unspecified atom stereocenters. The molecule has 0 saturated heterocycles. The predicted molar refractivity (Wildman–Crippen MR) is 316 cm³/mol. The highest BCUT2D eigenvalue weighted by Crippen LogP contribution is 2.14. The number of hydrogen-bond acceptors (Lipinski definition) is 6. The van der Waals surface area contributed by atoms with Crippen molar-refractivity contribution in [2.24, 2.45) is 0 Å².